The van der Waals surface area contributed by atoms with Gasteiger partial charge < -0.3 is 14.8 Å². The van der Waals surface area contributed by atoms with Crippen molar-refractivity contribution in [2.75, 3.05) is 25.1 Å². The molecule has 0 bridgehead atoms. The molecule has 1 aromatic carbocycles. The van der Waals surface area contributed by atoms with Crippen LogP contribution in [0.1, 0.15) is 19.4 Å². The average molecular weight is 241 g/mol. The van der Waals surface area contributed by atoms with Crippen LogP contribution < -0.4 is 5.32 Å². The van der Waals surface area contributed by atoms with Crippen molar-refractivity contribution in [3.05, 3.63) is 29.6 Å². The maximum absolute atomic E-state index is 13.7. The van der Waals surface area contributed by atoms with E-state index in [1.54, 1.807) is 19.1 Å². The van der Waals surface area contributed by atoms with E-state index in [0.29, 0.717) is 31.0 Å². The number of nitrogens with one attached hydrogen (secondary N) is 1. The van der Waals surface area contributed by atoms with Gasteiger partial charge in [-0.3, -0.25) is 0 Å². The normalized spacial score (nSPS) is 10.9. The predicted molar refractivity (Wildman–Crippen MR) is 66.7 cm³/mol. The summed E-state index contributed by atoms with van der Waals surface area (Å²) < 4.78 is 24.4. The van der Waals surface area contributed by atoms with Gasteiger partial charge >= 0.3 is 0 Å². The average Bonchev–Trinajstić information content (AvgIpc) is 2.31. The Kier molecular flexibility index (Phi) is 5.94. The van der Waals surface area contributed by atoms with Crippen LogP contribution in [0.5, 0.6) is 0 Å². The minimum absolute atomic E-state index is 0.223. The molecule has 0 spiro atoms. The highest BCUT2D eigenvalue weighted by Crippen LogP contribution is 2.17. The molecule has 4 heteroatoms. The molecule has 0 atom stereocenters. The molecule has 0 aliphatic heterocycles. The Morgan fingerprint density at radius 1 is 1.24 bits per heavy atom. The van der Waals surface area contributed by atoms with Gasteiger partial charge in [-0.15, -0.1) is 0 Å². The van der Waals surface area contributed by atoms with E-state index in [9.17, 15) is 4.39 Å². The summed E-state index contributed by atoms with van der Waals surface area (Å²) in [6.07, 6.45) is -0.343. The molecular weight excluding hydrogens is 221 g/mol. The minimum Gasteiger partial charge on any atom is -0.378 e. The third-order valence-corrected chi connectivity index (χ3v) is 2.36. The van der Waals surface area contributed by atoms with Crippen molar-refractivity contribution in [1.29, 1.82) is 0 Å². The number of rotatable bonds is 7. The predicted octanol–water partition coefficient (Wildman–Crippen LogP) is 2.95. The highest BCUT2D eigenvalue weighted by atomic mass is 19.1. The van der Waals surface area contributed by atoms with Crippen molar-refractivity contribution in [3.8, 4) is 0 Å². The minimum atomic E-state index is -0.343. The molecule has 0 aromatic heterocycles. The van der Waals surface area contributed by atoms with Gasteiger partial charge in [-0.05, 0) is 32.4 Å². The first-order chi connectivity index (χ1) is 8.19. The molecular formula is C13H20FNO2. The number of ether oxygens (including phenoxy) is 2. The van der Waals surface area contributed by atoms with Crippen LogP contribution in [0.15, 0.2) is 18.2 Å². The van der Waals surface area contributed by atoms with Crippen LogP contribution in [-0.2, 0) is 9.47 Å². The summed E-state index contributed by atoms with van der Waals surface area (Å²) in [7, 11) is 0. The van der Waals surface area contributed by atoms with Crippen LogP contribution in [0.3, 0.4) is 0 Å². The first-order valence-corrected chi connectivity index (χ1v) is 5.91. The van der Waals surface area contributed by atoms with Gasteiger partial charge in [0.25, 0.3) is 0 Å². The zero-order valence-corrected chi connectivity index (χ0v) is 10.6. The molecule has 1 rings (SSSR count). The van der Waals surface area contributed by atoms with Gasteiger partial charge in [-0.25, -0.2) is 4.39 Å². The Bertz CT molecular complexity index is 338. The summed E-state index contributed by atoms with van der Waals surface area (Å²) in [5.41, 5.74) is 1.11. The van der Waals surface area contributed by atoms with Crippen LogP contribution in [0.4, 0.5) is 10.1 Å². The Morgan fingerprint density at radius 3 is 2.47 bits per heavy atom. The maximum Gasteiger partial charge on any atom is 0.174 e. The molecule has 0 heterocycles. The highest BCUT2D eigenvalue weighted by molar-refractivity contribution is 5.47. The van der Waals surface area contributed by atoms with Crippen LogP contribution in [-0.4, -0.2) is 26.0 Å². The Morgan fingerprint density at radius 2 is 1.88 bits per heavy atom. The van der Waals surface area contributed by atoms with E-state index in [-0.39, 0.29) is 12.1 Å². The van der Waals surface area contributed by atoms with Crippen molar-refractivity contribution in [2.24, 2.45) is 0 Å². The summed E-state index contributed by atoms with van der Waals surface area (Å²) in [4.78, 5) is 0. The van der Waals surface area contributed by atoms with E-state index < -0.39 is 0 Å². The van der Waals surface area contributed by atoms with Crippen LogP contribution in [0.2, 0.25) is 0 Å². The van der Waals surface area contributed by atoms with E-state index in [2.05, 4.69) is 5.32 Å². The van der Waals surface area contributed by atoms with E-state index in [4.69, 9.17) is 9.47 Å². The van der Waals surface area contributed by atoms with E-state index in [0.717, 1.165) is 0 Å². The lowest BCUT2D eigenvalue weighted by molar-refractivity contribution is -0.126. The SMILES string of the molecule is CCOC(CNc1cccc(C)c1F)OCC. The molecule has 3 nitrogen and oxygen atoms in total. The molecule has 0 saturated carbocycles. The molecule has 1 N–H and O–H groups in total. The third-order valence-electron chi connectivity index (χ3n) is 2.36. The Labute approximate surface area is 102 Å². The monoisotopic (exact) mass is 241 g/mol. The number of hydrogen-bond donors (Lipinski definition) is 1. The summed E-state index contributed by atoms with van der Waals surface area (Å²) in [6.45, 7) is 7.12. The van der Waals surface area contributed by atoms with Gasteiger partial charge in [0.15, 0.2) is 6.29 Å². The lowest BCUT2D eigenvalue weighted by Crippen LogP contribution is -2.26. The first-order valence-electron chi connectivity index (χ1n) is 5.91. The molecule has 1 aromatic rings. The van der Waals surface area contributed by atoms with Gasteiger partial charge in [-0.1, -0.05) is 12.1 Å². The van der Waals surface area contributed by atoms with Crippen molar-refractivity contribution in [3.63, 3.8) is 0 Å². The topological polar surface area (TPSA) is 30.5 Å². The third kappa shape index (κ3) is 4.32. The molecule has 17 heavy (non-hydrogen) atoms. The summed E-state index contributed by atoms with van der Waals surface area (Å²) in [6, 6.07) is 5.26. The quantitative estimate of drug-likeness (QED) is 0.744. The van der Waals surface area contributed by atoms with Gasteiger partial charge in [0, 0.05) is 13.2 Å². The van der Waals surface area contributed by atoms with Crippen molar-refractivity contribution in [2.45, 2.75) is 27.1 Å². The lowest BCUT2D eigenvalue weighted by atomic mass is 10.2. The molecule has 0 unspecified atom stereocenters. The summed E-state index contributed by atoms with van der Waals surface area (Å²) in [5.74, 6) is -0.223. The maximum atomic E-state index is 13.7. The lowest BCUT2D eigenvalue weighted by Gasteiger charge is -2.18. The highest BCUT2D eigenvalue weighted by Gasteiger charge is 2.09. The molecule has 0 aliphatic carbocycles. The number of halogens is 1. The fourth-order valence-electron chi connectivity index (χ4n) is 1.51. The van der Waals surface area contributed by atoms with Gasteiger partial charge in [0.1, 0.15) is 5.82 Å². The largest absolute Gasteiger partial charge is 0.378 e. The number of hydrogen-bond acceptors (Lipinski definition) is 3. The van der Waals surface area contributed by atoms with Crippen LogP contribution in [0, 0.1) is 12.7 Å². The van der Waals surface area contributed by atoms with Crippen molar-refractivity contribution in [1.82, 2.24) is 0 Å². The van der Waals surface area contributed by atoms with Crippen LogP contribution in [0.25, 0.3) is 0 Å². The smallest absolute Gasteiger partial charge is 0.174 e. The fourth-order valence-corrected chi connectivity index (χ4v) is 1.51. The number of aryl methyl sites for hydroxylation is 1. The van der Waals surface area contributed by atoms with Crippen molar-refractivity contribution >= 4 is 5.69 Å². The molecule has 0 radical (unpaired) electrons. The van der Waals surface area contributed by atoms with Gasteiger partial charge in [0.2, 0.25) is 0 Å². The van der Waals surface area contributed by atoms with Gasteiger partial charge in [0.05, 0.1) is 12.2 Å². The van der Waals surface area contributed by atoms with Crippen molar-refractivity contribution < 1.29 is 13.9 Å². The fraction of sp³-hybridized carbons (Fsp3) is 0.538. The Hall–Kier alpha value is -1.13. The summed E-state index contributed by atoms with van der Waals surface area (Å²) >= 11 is 0. The molecule has 96 valence electrons. The first kappa shape index (κ1) is 13.9. The van der Waals surface area contributed by atoms with Crippen LogP contribution >= 0.6 is 0 Å². The second-order valence-corrected chi connectivity index (χ2v) is 3.66. The molecule has 0 amide bonds. The summed E-state index contributed by atoms with van der Waals surface area (Å²) in [5, 5.41) is 3.00. The van der Waals surface area contributed by atoms with Gasteiger partial charge in [-0.2, -0.15) is 0 Å². The zero-order valence-electron chi connectivity index (χ0n) is 10.6. The second kappa shape index (κ2) is 7.25. The standard InChI is InChI=1S/C13H20FNO2/c1-4-16-12(17-5-2)9-15-11-8-6-7-10(3)13(11)14/h6-8,12,15H,4-5,9H2,1-3H3. The molecule has 0 fully saturated rings. The number of benzene rings is 1. The molecule has 0 saturated heterocycles. The molecule has 0 aliphatic rings. The van der Waals surface area contributed by atoms with E-state index in [1.165, 1.54) is 0 Å². The van der Waals surface area contributed by atoms with E-state index >= 15 is 0 Å². The van der Waals surface area contributed by atoms with E-state index in [1.807, 2.05) is 19.9 Å². The second-order valence-electron chi connectivity index (χ2n) is 3.66. The number of anilines is 1. The zero-order chi connectivity index (χ0) is 12.7. The Balaban J connectivity index is 2.55.